The Morgan fingerprint density at radius 3 is 2.74 bits per heavy atom. The molecule has 2 heterocycles. The van der Waals surface area contributed by atoms with Gasteiger partial charge in [-0.1, -0.05) is 12.1 Å². The number of H-pyrrole nitrogens is 1. The van der Waals surface area contributed by atoms with Crippen LogP contribution in [0.1, 0.15) is 5.56 Å². The Balaban J connectivity index is 2.10. The van der Waals surface area contributed by atoms with Gasteiger partial charge < -0.3 is 9.51 Å². The predicted molar refractivity (Wildman–Crippen MR) is 85.2 cm³/mol. The third-order valence-electron chi connectivity index (χ3n) is 3.19. The molecule has 3 aromatic rings. The van der Waals surface area contributed by atoms with E-state index >= 15 is 0 Å². The van der Waals surface area contributed by atoms with E-state index in [1.165, 1.54) is 18.2 Å². The second-order valence-electron chi connectivity index (χ2n) is 5.07. The number of pyridine rings is 2. The molecular formula is C15H13N2O5P. The average molecular weight is 332 g/mol. The van der Waals surface area contributed by atoms with Crippen LogP contribution in [0, 0.1) is 6.92 Å². The van der Waals surface area contributed by atoms with Crippen LogP contribution in [-0.4, -0.2) is 19.8 Å². The Bertz CT molecular complexity index is 993. The molecule has 0 spiro atoms. The summed E-state index contributed by atoms with van der Waals surface area (Å²) in [5.74, 6) is 0.00800. The molecule has 3 N–H and O–H groups in total. The zero-order valence-corrected chi connectivity index (χ0v) is 12.9. The number of hydrogen-bond acceptors (Lipinski definition) is 4. The highest BCUT2D eigenvalue weighted by molar-refractivity contribution is 7.46. The van der Waals surface area contributed by atoms with E-state index in [2.05, 4.69) is 14.5 Å². The normalized spacial score (nSPS) is 11.6. The molecule has 0 fully saturated rings. The largest absolute Gasteiger partial charge is 0.524 e. The van der Waals surface area contributed by atoms with Crippen LogP contribution in [0.15, 0.2) is 47.4 Å². The van der Waals surface area contributed by atoms with Crippen LogP contribution < -0.4 is 9.95 Å². The molecule has 2 aromatic heterocycles. The van der Waals surface area contributed by atoms with Crippen molar-refractivity contribution in [2.45, 2.75) is 6.92 Å². The van der Waals surface area contributed by atoms with Crippen LogP contribution in [0.25, 0.3) is 22.3 Å². The lowest BCUT2D eigenvalue weighted by molar-refractivity contribution is 0.283. The number of aryl methyl sites for hydroxylation is 1. The fourth-order valence-electron chi connectivity index (χ4n) is 2.24. The van der Waals surface area contributed by atoms with Gasteiger partial charge in [-0.3, -0.25) is 14.6 Å². The minimum Gasteiger partial charge on any atom is -0.404 e. The molecule has 1 aromatic carbocycles. The number of hydrogen-bond donors (Lipinski definition) is 3. The molecule has 0 saturated carbocycles. The number of fused-ring (bicyclic) bond motifs is 1. The van der Waals surface area contributed by atoms with Gasteiger partial charge in [0.15, 0.2) is 5.43 Å². The maximum Gasteiger partial charge on any atom is 0.524 e. The number of phosphoric acid groups is 1. The number of phosphoric ester groups is 1. The molecule has 0 aliphatic carbocycles. The van der Waals surface area contributed by atoms with E-state index in [9.17, 15) is 9.36 Å². The minimum atomic E-state index is -4.64. The molecule has 7 nitrogen and oxygen atoms in total. The quantitative estimate of drug-likeness (QED) is 0.635. The highest BCUT2D eigenvalue weighted by Gasteiger charge is 2.16. The van der Waals surface area contributed by atoms with E-state index in [0.717, 1.165) is 5.56 Å². The van der Waals surface area contributed by atoms with Crippen molar-refractivity contribution in [1.82, 2.24) is 9.97 Å². The molecule has 0 aliphatic rings. The van der Waals surface area contributed by atoms with Gasteiger partial charge in [-0.15, -0.1) is 0 Å². The van der Waals surface area contributed by atoms with Crippen molar-refractivity contribution in [3.05, 3.63) is 58.4 Å². The van der Waals surface area contributed by atoms with Crippen LogP contribution in [-0.2, 0) is 4.57 Å². The molecule has 0 saturated heterocycles. The Kier molecular flexibility index (Phi) is 3.77. The number of rotatable bonds is 3. The first-order chi connectivity index (χ1) is 10.8. The van der Waals surface area contributed by atoms with Gasteiger partial charge in [-0.05, 0) is 30.7 Å². The third kappa shape index (κ3) is 3.48. The highest BCUT2D eigenvalue weighted by Crippen LogP contribution is 2.38. The summed E-state index contributed by atoms with van der Waals surface area (Å²) in [7, 11) is -4.64. The monoisotopic (exact) mass is 332 g/mol. The summed E-state index contributed by atoms with van der Waals surface area (Å²) >= 11 is 0. The average Bonchev–Trinajstić information content (AvgIpc) is 2.46. The summed E-state index contributed by atoms with van der Waals surface area (Å²) in [6.07, 6.45) is 1.65. The topological polar surface area (TPSA) is 113 Å². The van der Waals surface area contributed by atoms with E-state index < -0.39 is 7.82 Å². The second kappa shape index (κ2) is 5.62. The molecule has 3 rings (SSSR count). The standard InChI is InChI=1S/C15H13N2O5P/c1-9-5-12-14(18)7-13(17-15(12)16-8-9)10-3-2-4-11(6-10)22-23(19,20)21/h2-8H,1H3,(H,16,17,18)(H2,19,20,21). The predicted octanol–water partition coefficient (Wildman–Crippen LogP) is 2.37. The molecule has 0 aliphatic heterocycles. The van der Waals surface area contributed by atoms with Gasteiger partial charge in [0.05, 0.1) is 11.1 Å². The molecule has 8 heteroatoms. The van der Waals surface area contributed by atoms with Crippen molar-refractivity contribution < 1.29 is 18.9 Å². The first-order valence-corrected chi connectivity index (χ1v) is 8.20. The van der Waals surface area contributed by atoms with Crippen LogP contribution in [0.4, 0.5) is 0 Å². The van der Waals surface area contributed by atoms with E-state index in [1.807, 2.05) is 6.92 Å². The van der Waals surface area contributed by atoms with E-state index in [0.29, 0.717) is 22.3 Å². The molecule has 0 amide bonds. The first-order valence-electron chi connectivity index (χ1n) is 6.67. The Hall–Kier alpha value is -2.47. The minimum absolute atomic E-state index is 0.00800. The fraction of sp³-hybridized carbons (Fsp3) is 0.0667. The highest BCUT2D eigenvalue weighted by atomic mass is 31.2. The number of benzene rings is 1. The van der Waals surface area contributed by atoms with Crippen LogP contribution in [0.5, 0.6) is 5.75 Å². The summed E-state index contributed by atoms with van der Waals surface area (Å²) in [5.41, 5.74) is 2.17. The van der Waals surface area contributed by atoms with Gasteiger partial charge in [-0.25, -0.2) is 9.55 Å². The summed E-state index contributed by atoms with van der Waals surface area (Å²) in [5, 5.41) is 0.483. The third-order valence-corrected chi connectivity index (χ3v) is 3.64. The Morgan fingerprint density at radius 2 is 2.00 bits per heavy atom. The van der Waals surface area contributed by atoms with E-state index in [-0.39, 0.29) is 11.2 Å². The van der Waals surface area contributed by atoms with Gasteiger partial charge in [0.25, 0.3) is 0 Å². The fourth-order valence-corrected chi connectivity index (χ4v) is 2.63. The first kappa shape index (κ1) is 15.4. The lowest BCUT2D eigenvalue weighted by Crippen LogP contribution is -2.04. The smallest absolute Gasteiger partial charge is 0.404 e. The number of aromatic amines is 1. The zero-order chi connectivity index (χ0) is 16.6. The summed E-state index contributed by atoms with van der Waals surface area (Å²) in [6.45, 7) is 1.85. The van der Waals surface area contributed by atoms with Crippen molar-refractivity contribution in [3.63, 3.8) is 0 Å². The van der Waals surface area contributed by atoms with Gasteiger partial charge in [0.2, 0.25) is 0 Å². The summed E-state index contributed by atoms with van der Waals surface area (Å²) in [6, 6.07) is 9.29. The summed E-state index contributed by atoms with van der Waals surface area (Å²) in [4.78, 5) is 37.2. The Labute approximate surface area is 130 Å². The van der Waals surface area contributed by atoms with Gasteiger partial charge in [0.1, 0.15) is 11.4 Å². The molecule has 0 radical (unpaired) electrons. The lowest BCUT2D eigenvalue weighted by atomic mass is 10.1. The second-order valence-corrected chi connectivity index (χ2v) is 6.23. The SMILES string of the molecule is Cc1cnc2[nH]c(-c3cccc(OP(=O)(O)O)c3)cc(=O)c2c1. The molecule has 0 bridgehead atoms. The molecular weight excluding hydrogens is 319 g/mol. The van der Waals surface area contributed by atoms with Crippen molar-refractivity contribution in [2.75, 3.05) is 0 Å². The van der Waals surface area contributed by atoms with Crippen molar-refractivity contribution >= 4 is 18.9 Å². The zero-order valence-electron chi connectivity index (χ0n) is 12.1. The number of nitrogens with zero attached hydrogens (tertiary/aromatic N) is 1. The van der Waals surface area contributed by atoms with E-state index in [4.69, 9.17) is 9.79 Å². The van der Waals surface area contributed by atoms with Crippen molar-refractivity contribution in [2.24, 2.45) is 0 Å². The van der Waals surface area contributed by atoms with Crippen molar-refractivity contribution in [1.29, 1.82) is 0 Å². The maximum absolute atomic E-state index is 12.2. The van der Waals surface area contributed by atoms with Gasteiger partial charge in [0, 0.05) is 17.8 Å². The Morgan fingerprint density at radius 1 is 1.22 bits per heavy atom. The van der Waals surface area contributed by atoms with E-state index in [1.54, 1.807) is 24.4 Å². The van der Waals surface area contributed by atoms with Crippen LogP contribution in [0.2, 0.25) is 0 Å². The van der Waals surface area contributed by atoms with Crippen molar-refractivity contribution in [3.8, 4) is 17.0 Å². The van der Waals surface area contributed by atoms with Gasteiger partial charge in [-0.2, -0.15) is 0 Å². The summed E-state index contributed by atoms with van der Waals surface area (Å²) < 4.78 is 15.5. The molecule has 23 heavy (non-hydrogen) atoms. The number of nitrogens with one attached hydrogen (secondary N) is 1. The lowest BCUT2D eigenvalue weighted by Gasteiger charge is -2.09. The molecule has 118 valence electrons. The van der Waals surface area contributed by atoms with Crippen LogP contribution >= 0.6 is 7.82 Å². The van der Waals surface area contributed by atoms with Crippen LogP contribution in [0.3, 0.4) is 0 Å². The van der Waals surface area contributed by atoms with Gasteiger partial charge >= 0.3 is 7.82 Å². The molecule has 0 unspecified atom stereocenters. The number of aromatic nitrogens is 2. The maximum atomic E-state index is 12.2. The molecule has 0 atom stereocenters.